The number of hydrogen-bond donors (Lipinski definition) is 1. The van der Waals surface area contributed by atoms with Crippen LogP contribution in [0.4, 0.5) is 0 Å². The first-order chi connectivity index (χ1) is 8.50. The fraction of sp³-hybridized carbons (Fsp3) is 1.00. The molecule has 0 radical (unpaired) electrons. The van der Waals surface area contributed by atoms with Crippen molar-refractivity contribution in [2.45, 2.75) is 52.1 Å². The second-order valence-corrected chi connectivity index (χ2v) is 6.46. The molecule has 108 valence electrons. The van der Waals surface area contributed by atoms with Gasteiger partial charge in [-0.05, 0) is 59.3 Å². The Morgan fingerprint density at radius 2 is 2.06 bits per heavy atom. The summed E-state index contributed by atoms with van der Waals surface area (Å²) in [6.45, 7) is 11.7. The maximum atomic E-state index is 3.59. The first-order valence-corrected chi connectivity index (χ1v) is 7.62. The van der Waals surface area contributed by atoms with E-state index in [-0.39, 0.29) is 0 Å². The second kappa shape index (κ2) is 8.13. The minimum Gasteiger partial charge on any atom is -0.315 e. The molecule has 0 aromatic rings. The number of hydrogen-bond acceptors (Lipinski definition) is 3. The number of nitrogens with zero attached hydrogens (tertiary/aromatic N) is 2. The molecule has 0 aromatic carbocycles. The maximum Gasteiger partial charge on any atom is 0.0223 e. The minimum absolute atomic E-state index is 0.633. The fourth-order valence-corrected chi connectivity index (χ4v) is 2.68. The van der Waals surface area contributed by atoms with Crippen molar-refractivity contribution in [2.75, 3.05) is 40.3 Å². The predicted molar refractivity (Wildman–Crippen MR) is 80.1 cm³/mol. The summed E-state index contributed by atoms with van der Waals surface area (Å²) in [6, 6.07) is 1.37. The lowest BCUT2D eigenvalue weighted by atomic mass is 10.0. The van der Waals surface area contributed by atoms with E-state index < -0.39 is 0 Å². The Labute approximate surface area is 114 Å². The molecule has 1 N–H and O–H groups in total. The molecule has 1 heterocycles. The van der Waals surface area contributed by atoms with Gasteiger partial charge in [0.1, 0.15) is 0 Å². The summed E-state index contributed by atoms with van der Waals surface area (Å²) < 4.78 is 0. The molecular weight excluding hydrogens is 222 g/mol. The molecular formula is C15H33N3. The molecule has 1 saturated heterocycles. The van der Waals surface area contributed by atoms with E-state index in [2.05, 4.69) is 50.0 Å². The van der Waals surface area contributed by atoms with E-state index in [1.165, 1.54) is 32.4 Å². The van der Waals surface area contributed by atoms with Gasteiger partial charge in [0.25, 0.3) is 0 Å². The Balaban J connectivity index is 2.21. The third-order valence-corrected chi connectivity index (χ3v) is 4.21. The highest BCUT2D eigenvalue weighted by Crippen LogP contribution is 2.15. The zero-order valence-electron chi connectivity index (χ0n) is 13.1. The topological polar surface area (TPSA) is 18.5 Å². The molecule has 0 aliphatic carbocycles. The van der Waals surface area contributed by atoms with E-state index in [1.807, 2.05) is 0 Å². The zero-order valence-corrected chi connectivity index (χ0v) is 13.1. The van der Waals surface area contributed by atoms with Crippen LogP contribution in [0.25, 0.3) is 0 Å². The van der Waals surface area contributed by atoms with Crippen molar-refractivity contribution in [2.24, 2.45) is 5.92 Å². The van der Waals surface area contributed by atoms with Gasteiger partial charge in [-0.25, -0.2) is 0 Å². The molecule has 0 bridgehead atoms. The van der Waals surface area contributed by atoms with Gasteiger partial charge in [-0.1, -0.05) is 13.8 Å². The van der Waals surface area contributed by atoms with Crippen LogP contribution in [0.1, 0.15) is 40.0 Å². The average molecular weight is 255 g/mol. The van der Waals surface area contributed by atoms with E-state index in [1.54, 1.807) is 0 Å². The van der Waals surface area contributed by atoms with Crippen LogP contribution in [0.15, 0.2) is 0 Å². The van der Waals surface area contributed by atoms with E-state index in [4.69, 9.17) is 0 Å². The van der Waals surface area contributed by atoms with Gasteiger partial charge in [-0.2, -0.15) is 0 Å². The van der Waals surface area contributed by atoms with Gasteiger partial charge in [-0.15, -0.1) is 0 Å². The zero-order chi connectivity index (χ0) is 13.5. The standard InChI is InChI=1S/C15H33N3/c1-13(2)8-9-16-11-14(3)18(5)15-7-6-10-17(4)12-15/h13-16H,6-12H2,1-5H3. The lowest BCUT2D eigenvalue weighted by Crippen LogP contribution is -2.50. The summed E-state index contributed by atoms with van der Waals surface area (Å²) in [7, 11) is 4.53. The van der Waals surface area contributed by atoms with Crippen LogP contribution in [0, 0.1) is 5.92 Å². The first-order valence-electron chi connectivity index (χ1n) is 7.62. The SMILES string of the molecule is CC(C)CCNCC(C)N(C)C1CCCN(C)C1. The molecule has 0 spiro atoms. The quantitative estimate of drug-likeness (QED) is 0.702. The third-order valence-electron chi connectivity index (χ3n) is 4.21. The predicted octanol–water partition coefficient (Wildman–Crippen LogP) is 2.04. The van der Waals surface area contributed by atoms with Crippen molar-refractivity contribution < 1.29 is 0 Å². The Kier molecular flexibility index (Phi) is 7.20. The highest BCUT2D eigenvalue weighted by Gasteiger charge is 2.23. The molecule has 1 fully saturated rings. The lowest BCUT2D eigenvalue weighted by molar-refractivity contribution is 0.104. The van der Waals surface area contributed by atoms with Gasteiger partial charge >= 0.3 is 0 Å². The van der Waals surface area contributed by atoms with Crippen LogP contribution in [-0.2, 0) is 0 Å². The highest BCUT2D eigenvalue weighted by atomic mass is 15.2. The Morgan fingerprint density at radius 3 is 2.67 bits per heavy atom. The normalized spacial score (nSPS) is 23.8. The van der Waals surface area contributed by atoms with Gasteiger partial charge in [0.05, 0.1) is 0 Å². The third kappa shape index (κ3) is 5.68. The Bertz CT molecular complexity index is 218. The van der Waals surface area contributed by atoms with Crippen molar-refractivity contribution in [3.05, 3.63) is 0 Å². The summed E-state index contributed by atoms with van der Waals surface area (Å²) in [5.74, 6) is 0.803. The maximum absolute atomic E-state index is 3.59. The van der Waals surface area contributed by atoms with Crippen molar-refractivity contribution in [1.82, 2.24) is 15.1 Å². The van der Waals surface area contributed by atoms with E-state index in [0.29, 0.717) is 6.04 Å². The second-order valence-electron chi connectivity index (χ2n) is 6.46. The molecule has 0 amide bonds. The van der Waals surface area contributed by atoms with Crippen molar-refractivity contribution in [1.29, 1.82) is 0 Å². The monoisotopic (exact) mass is 255 g/mol. The van der Waals surface area contributed by atoms with Gasteiger partial charge in [-0.3, -0.25) is 4.90 Å². The van der Waals surface area contributed by atoms with Crippen LogP contribution in [-0.4, -0.2) is 62.2 Å². The lowest BCUT2D eigenvalue weighted by Gasteiger charge is -2.39. The molecule has 0 aromatic heterocycles. The number of likely N-dealkylation sites (N-methyl/N-ethyl adjacent to an activating group) is 2. The highest BCUT2D eigenvalue weighted by molar-refractivity contribution is 4.81. The summed E-state index contributed by atoms with van der Waals surface area (Å²) >= 11 is 0. The fourth-order valence-electron chi connectivity index (χ4n) is 2.68. The molecule has 18 heavy (non-hydrogen) atoms. The number of piperidine rings is 1. The number of rotatable bonds is 7. The summed E-state index contributed by atoms with van der Waals surface area (Å²) in [5, 5.41) is 3.59. The van der Waals surface area contributed by atoms with Crippen LogP contribution >= 0.6 is 0 Å². The molecule has 1 rings (SSSR count). The minimum atomic E-state index is 0.633. The van der Waals surface area contributed by atoms with Crippen molar-refractivity contribution >= 4 is 0 Å². The van der Waals surface area contributed by atoms with Gasteiger partial charge in [0, 0.05) is 25.2 Å². The van der Waals surface area contributed by atoms with E-state index in [0.717, 1.165) is 25.0 Å². The largest absolute Gasteiger partial charge is 0.315 e. The van der Waals surface area contributed by atoms with Crippen LogP contribution in [0.3, 0.4) is 0 Å². The van der Waals surface area contributed by atoms with Gasteiger partial charge in [0.2, 0.25) is 0 Å². The van der Waals surface area contributed by atoms with Crippen LogP contribution in [0.5, 0.6) is 0 Å². The number of nitrogens with one attached hydrogen (secondary N) is 1. The smallest absolute Gasteiger partial charge is 0.0223 e. The molecule has 2 atom stereocenters. The van der Waals surface area contributed by atoms with Crippen molar-refractivity contribution in [3.8, 4) is 0 Å². The average Bonchev–Trinajstić information content (AvgIpc) is 2.33. The van der Waals surface area contributed by atoms with E-state index >= 15 is 0 Å². The molecule has 1 aliphatic heterocycles. The molecule has 0 saturated carbocycles. The van der Waals surface area contributed by atoms with Crippen LogP contribution < -0.4 is 5.32 Å². The van der Waals surface area contributed by atoms with Gasteiger partial charge < -0.3 is 10.2 Å². The molecule has 2 unspecified atom stereocenters. The van der Waals surface area contributed by atoms with E-state index in [9.17, 15) is 0 Å². The molecule has 3 heteroatoms. The van der Waals surface area contributed by atoms with Crippen molar-refractivity contribution in [3.63, 3.8) is 0 Å². The first kappa shape index (κ1) is 15.9. The van der Waals surface area contributed by atoms with Crippen LogP contribution in [0.2, 0.25) is 0 Å². The Morgan fingerprint density at radius 1 is 1.33 bits per heavy atom. The Hall–Kier alpha value is -0.120. The molecule has 1 aliphatic rings. The summed E-state index contributed by atoms with van der Waals surface area (Å²) in [6.07, 6.45) is 3.98. The molecule has 3 nitrogen and oxygen atoms in total. The summed E-state index contributed by atoms with van der Waals surface area (Å²) in [4.78, 5) is 5.03. The van der Waals surface area contributed by atoms with Gasteiger partial charge in [0.15, 0.2) is 0 Å². The number of likely N-dealkylation sites (tertiary alicyclic amines) is 1. The summed E-state index contributed by atoms with van der Waals surface area (Å²) in [5.41, 5.74) is 0.